The molecule has 0 radical (unpaired) electrons. The van der Waals surface area contributed by atoms with Gasteiger partial charge in [-0.15, -0.1) is 0 Å². The molecule has 0 saturated carbocycles. The van der Waals surface area contributed by atoms with Gasteiger partial charge in [0.25, 0.3) is 5.91 Å². The highest BCUT2D eigenvalue weighted by Crippen LogP contribution is 2.23. The lowest BCUT2D eigenvalue weighted by Crippen LogP contribution is -2.50. The quantitative estimate of drug-likeness (QED) is 0.672. The van der Waals surface area contributed by atoms with Gasteiger partial charge in [-0.3, -0.25) is 14.5 Å². The zero-order valence-corrected chi connectivity index (χ0v) is 20.0. The average molecular weight is 455 g/mol. The van der Waals surface area contributed by atoms with Gasteiger partial charge in [-0.1, -0.05) is 26.0 Å². The first-order chi connectivity index (χ1) is 15.9. The second-order valence-electron chi connectivity index (χ2n) is 9.09. The van der Waals surface area contributed by atoms with Crippen LogP contribution in [-0.4, -0.2) is 65.6 Å². The highest BCUT2D eigenvalue weighted by molar-refractivity contribution is 5.95. The Balaban J connectivity index is 1.56. The molecule has 7 heteroatoms. The van der Waals surface area contributed by atoms with E-state index in [2.05, 4.69) is 16.4 Å². The summed E-state index contributed by atoms with van der Waals surface area (Å²) in [6, 6.07) is 8.78. The van der Waals surface area contributed by atoms with E-state index in [0.717, 1.165) is 37.4 Å². The lowest BCUT2D eigenvalue weighted by atomic mass is 10.1. The highest BCUT2D eigenvalue weighted by Gasteiger charge is 2.29. The van der Waals surface area contributed by atoms with Crippen molar-refractivity contribution < 1.29 is 9.18 Å². The number of aromatic nitrogens is 1. The Morgan fingerprint density at radius 3 is 2.48 bits per heavy atom. The van der Waals surface area contributed by atoms with Gasteiger partial charge in [0, 0.05) is 56.2 Å². The highest BCUT2D eigenvalue weighted by atomic mass is 19.1. The van der Waals surface area contributed by atoms with Gasteiger partial charge in [0.2, 0.25) is 0 Å². The number of anilines is 1. The number of amides is 1. The van der Waals surface area contributed by atoms with Gasteiger partial charge >= 0.3 is 0 Å². The van der Waals surface area contributed by atoms with Crippen LogP contribution in [0.1, 0.15) is 48.4 Å². The van der Waals surface area contributed by atoms with Crippen molar-refractivity contribution in [2.75, 3.05) is 44.2 Å². The fourth-order valence-corrected chi connectivity index (χ4v) is 5.43. The maximum absolute atomic E-state index is 14.2. The number of hydrogen-bond acceptors (Lipinski definition) is 4. The van der Waals surface area contributed by atoms with Gasteiger partial charge in [-0.25, -0.2) is 4.39 Å². The van der Waals surface area contributed by atoms with Crippen molar-refractivity contribution in [1.82, 2.24) is 14.4 Å². The Bertz CT molecular complexity index is 1060. The number of aryl methyl sites for hydroxylation is 1. The van der Waals surface area contributed by atoms with Crippen LogP contribution in [0.15, 0.2) is 35.1 Å². The maximum atomic E-state index is 14.2. The third-order valence-corrected chi connectivity index (χ3v) is 7.23. The van der Waals surface area contributed by atoms with Crippen molar-refractivity contribution in [1.29, 1.82) is 0 Å². The van der Waals surface area contributed by atoms with E-state index < -0.39 is 0 Å². The van der Waals surface area contributed by atoms with Crippen molar-refractivity contribution >= 4 is 11.6 Å². The lowest BCUT2D eigenvalue weighted by molar-refractivity contribution is 0.0742. The van der Waals surface area contributed by atoms with Gasteiger partial charge in [-0.2, -0.15) is 0 Å². The molecule has 0 spiro atoms. The van der Waals surface area contributed by atoms with Crippen LogP contribution in [-0.2, 0) is 13.0 Å². The molecule has 3 heterocycles. The summed E-state index contributed by atoms with van der Waals surface area (Å²) < 4.78 is 16.4. The Morgan fingerprint density at radius 1 is 1.09 bits per heavy atom. The molecular formula is C26H35FN4O2. The molecule has 4 rings (SSSR count). The fraction of sp³-hybridized carbons (Fsp3) is 0.538. The van der Waals surface area contributed by atoms with Gasteiger partial charge < -0.3 is 14.4 Å². The lowest BCUT2D eigenvalue weighted by Gasteiger charge is -2.36. The standard InChI is InChI=1S/C26H35FN4O2/c1-4-22-25(24(32)17-19(3)31(22)18-20-9-8-12-28(20)5-2)26(33)30-15-13-29(14-16-30)23-11-7-6-10-21(23)27/h6-7,10-11,17,20H,4-5,8-9,12-16,18H2,1-3H3/t20-/m0/s1. The molecular weight excluding hydrogens is 419 g/mol. The van der Waals surface area contributed by atoms with Crippen LogP contribution in [0.3, 0.4) is 0 Å². The Hall–Kier alpha value is -2.67. The third kappa shape index (κ3) is 4.69. The number of carbonyl (C=O) groups is 1. The largest absolute Gasteiger partial charge is 0.366 e. The molecule has 0 bridgehead atoms. The average Bonchev–Trinajstić information content (AvgIpc) is 3.28. The van der Waals surface area contributed by atoms with E-state index in [1.165, 1.54) is 12.5 Å². The van der Waals surface area contributed by atoms with Crippen LogP contribution in [0, 0.1) is 12.7 Å². The van der Waals surface area contributed by atoms with E-state index in [9.17, 15) is 14.0 Å². The van der Waals surface area contributed by atoms with E-state index in [1.807, 2.05) is 24.8 Å². The van der Waals surface area contributed by atoms with Crippen LogP contribution < -0.4 is 10.3 Å². The van der Waals surface area contributed by atoms with Crippen LogP contribution in [0.5, 0.6) is 0 Å². The molecule has 33 heavy (non-hydrogen) atoms. The van der Waals surface area contributed by atoms with Gasteiger partial charge in [-0.05, 0) is 51.4 Å². The molecule has 6 nitrogen and oxygen atoms in total. The second-order valence-corrected chi connectivity index (χ2v) is 9.09. The Kier molecular flexibility index (Phi) is 7.17. The number of nitrogens with zero attached hydrogens (tertiary/aromatic N) is 4. The van der Waals surface area contributed by atoms with Crippen LogP contribution in [0.25, 0.3) is 0 Å². The third-order valence-electron chi connectivity index (χ3n) is 7.23. The molecule has 1 atom stereocenters. The van der Waals surface area contributed by atoms with Crippen LogP contribution in [0.2, 0.25) is 0 Å². The monoisotopic (exact) mass is 454 g/mol. The summed E-state index contributed by atoms with van der Waals surface area (Å²) in [4.78, 5) is 32.8. The Morgan fingerprint density at radius 2 is 1.82 bits per heavy atom. The van der Waals surface area contributed by atoms with E-state index in [1.54, 1.807) is 23.1 Å². The van der Waals surface area contributed by atoms with Crippen molar-refractivity contribution in [3.05, 3.63) is 63.3 Å². The fourth-order valence-electron chi connectivity index (χ4n) is 5.43. The van der Waals surface area contributed by atoms with Gasteiger partial charge in [0.15, 0.2) is 5.43 Å². The molecule has 2 aromatic rings. The maximum Gasteiger partial charge on any atom is 0.259 e. The zero-order chi connectivity index (χ0) is 23.5. The molecule has 0 N–H and O–H groups in total. The number of likely N-dealkylation sites (N-methyl/N-ethyl adjacent to an activating group) is 1. The SMILES string of the molecule is CCc1c(C(=O)N2CCN(c3ccccc3F)CC2)c(=O)cc(C)n1C[C@@H]1CCCN1CC. The number of halogens is 1. The summed E-state index contributed by atoms with van der Waals surface area (Å²) in [6.07, 6.45) is 2.97. The molecule has 2 aliphatic heterocycles. The van der Waals surface area contributed by atoms with Crippen molar-refractivity contribution in [2.24, 2.45) is 0 Å². The van der Waals surface area contributed by atoms with E-state index in [-0.39, 0.29) is 17.2 Å². The summed E-state index contributed by atoms with van der Waals surface area (Å²) in [6.45, 7) is 11.1. The molecule has 1 amide bonds. The number of likely N-dealkylation sites (tertiary alicyclic amines) is 1. The Labute approximate surface area is 195 Å². The van der Waals surface area contributed by atoms with E-state index in [0.29, 0.717) is 49.9 Å². The number of pyridine rings is 1. The molecule has 2 aliphatic rings. The smallest absolute Gasteiger partial charge is 0.259 e. The van der Waals surface area contributed by atoms with Gasteiger partial charge in [0.1, 0.15) is 11.4 Å². The van der Waals surface area contributed by atoms with Crippen LogP contribution >= 0.6 is 0 Å². The minimum Gasteiger partial charge on any atom is -0.366 e. The van der Waals surface area contributed by atoms with Crippen molar-refractivity contribution in [3.63, 3.8) is 0 Å². The number of carbonyl (C=O) groups excluding carboxylic acids is 1. The number of benzene rings is 1. The van der Waals surface area contributed by atoms with Crippen molar-refractivity contribution in [3.8, 4) is 0 Å². The normalized spacial score (nSPS) is 19.3. The number of para-hydroxylation sites is 1. The van der Waals surface area contributed by atoms with E-state index in [4.69, 9.17) is 0 Å². The summed E-state index contributed by atoms with van der Waals surface area (Å²) >= 11 is 0. The summed E-state index contributed by atoms with van der Waals surface area (Å²) in [5.74, 6) is -0.447. The predicted molar refractivity (Wildman–Crippen MR) is 130 cm³/mol. The van der Waals surface area contributed by atoms with E-state index >= 15 is 0 Å². The minimum absolute atomic E-state index is 0.194. The first kappa shape index (κ1) is 23.5. The molecule has 178 valence electrons. The molecule has 2 fully saturated rings. The van der Waals surface area contributed by atoms with Crippen molar-refractivity contribution in [2.45, 2.75) is 52.6 Å². The number of rotatable bonds is 6. The molecule has 0 unspecified atom stereocenters. The number of hydrogen-bond donors (Lipinski definition) is 0. The zero-order valence-electron chi connectivity index (χ0n) is 20.0. The van der Waals surface area contributed by atoms with Crippen LogP contribution in [0.4, 0.5) is 10.1 Å². The molecule has 0 aliphatic carbocycles. The second kappa shape index (κ2) is 10.1. The molecule has 2 saturated heterocycles. The molecule has 1 aromatic heterocycles. The predicted octanol–water partition coefficient (Wildman–Crippen LogP) is 3.30. The summed E-state index contributed by atoms with van der Waals surface area (Å²) in [7, 11) is 0. The number of piperazine rings is 1. The first-order valence-corrected chi connectivity index (χ1v) is 12.2. The topological polar surface area (TPSA) is 48.8 Å². The summed E-state index contributed by atoms with van der Waals surface area (Å²) in [5, 5.41) is 0. The minimum atomic E-state index is -0.250. The summed E-state index contributed by atoms with van der Waals surface area (Å²) in [5.41, 5.74) is 2.43. The van der Waals surface area contributed by atoms with Gasteiger partial charge in [0.05, 0.1) is 5.69 Å². The first-order valence-electron chi connectivity index (χ1n) is 12.2. The molecule has 1 aromatic carbocycles.